The Bertz CT molecular complexity index is 900. The summed E-state index contributed by atoms with van der Waals surface area (Å²) in [4.78, 5) is 45.3. The summed E-state index contributed by atoms with van der Waals surface area (Å²) in [5, 5.41) is 3.71. The van der Waals surface area contributed by atoms with E-state index in [2.05, 4.69) is 10.1 Å². The number of aromatic nitrogens is 3. The molecule has 1 aliphatic carbocycles. The molecule has 3 heterocycles. The third-order valence-electron chi connectivity index (χ3n) is 5.35. The van der Waals surface area contributed by atoms with Gasteiger partial charge in [0, 0.05) is 38.9 Å². The van der Waals surface area contributed by atoms with Crippen molar-refractivity contribution in [1.82, 2.24) is 24.5 Å². The number of nitrogens with zero attached hydrogens (tertiary/aromatic N) is 5. The Kier molecular flexibility index (Phi) is 3.86. The summed E-state index contributed by atoms with van der Waals surface area (Å²) >= 11 is 0. The van der Waals surface area contributed by atoms with Gasteiger partial charge in [0.1, 0.15) is 11.8 Å². The molecule has 1 aliphatic heterocycles. The van der Waals surface area contributed by atoms with E-state index in [1.807, 2.05) is 0 Å². The highest BCUT2D eigenvalue weighted by Crippen LogP contribution is 2.41. The van der Waals surface area contributed by atoms with Gasteiger partial charge in [0.05, 0.1) is 11.9 Å². The summed E-state index contributed by atoms with van der Waals surface area (Å²) in [5.41, 5.74) is -0.450. The molecule has 0 N–H and O–H groups in total. The fourth-order valence-electron chi connectivity index (χ4n) is 3.76. The van der Waals surface area contributed by atoms with Crippen LogP contribution in [0.4, 0.5) is 0 Å². The van der Waals surface area contributed by atoms with Crippen LogP contribution in [0.1, 0.15) is 40.1 Å². The Labute approximate surface area is 149 Å². The largest absolute Gasteiger partial charge is 0.364 e. The number of amides is 2. The summed E-state index contributed by atoms with van der Waals surface area (Å²) in [6.45, 7) is 1.20. The summed E-state index contributed by atoms with van der Waals surface area (Å²) in [7, 11) is 1.57. The maximum atomic E-state index is 13.0. The van der Waals surface area contributed by atoms with Crippen molar-refractivity contribution in [2.75, 3.05) is 19.6 Å². The van der Waals surface area contributed by atoms with Gasteiger partial charge in [-0.05, 0) is 19.3 Å². The zero-order chi connectivity index (χ0) is 18.3. The maximum Gasteiger partial charge on any atom is 0.276 e. The molecule has 2 amide bonds. The summed E-state index contributed by atoms with van der Waals surface area (Å²) in [6, 6.07) is 1.53. The van der Waals surface area contributed by atoms with Crippen LogP contribution in [-0.2, 0) is 7.05 Å². The minimum Gasteiger partial charge on any atom is -0.364 e. The Hall–Kier alpha value is -2.97. The topological polar surface area (TPSA) is 102 Å². The van der Waals surface area contributed by atoms with Gasteiger partial charge in [0.2, 0.25) is 0 Å². The van der Waals surface area contributed by atoms with Gasteiger partial charge in [-0.2, -0.15) is 0 Å². The van der Waals surface area contributed by atoms with Crippen LogP contribution >= 0.6 is 0 Å². The quantitative estimate of drug-likeness (QED) is 0.766. The van der Waals surface area contributed by atoms with Crippen molar-refractivity contribution in [3.8, 4) is 0 Å². The second kappa shape index (κ2) is 6.08. The monoisotopic (exact) mass is 357 g/mol. The highest BCUT2D eigenvalue weighted by molar-refractivity contribution is 5.95. The average Bonchev–Trinajstić information content (AvgIpc) is 3.15. The summed E-state index contributed by atoms with van der Waals surface area (Å²) in [6.07, 6.45) is 6.67. The van der Waals surface area contributed by atoms with Gasteiger partial charge in [-0.3, -0.25) is 14.4 Å². The van der Waals surface area contributed by atoms with Crippen LogP contribution in [0.5, 0.6) is 0 Å². The van der Waals surface area contributed by atoms with Crippen LogP contribution in [0.2, 0.25) is 0 Å². The van der Waals surface area contributed by atoms with E-state index in [0.717, 1.165) is 19.3 Å². The Morgan fingerprint density at radius 2 is 2.04 bits per heavy atom. The first kappa shape index (κ1) is 16.5. The lowest BCUT2D eigenvalue weighted by Crippen LogP contribution is -2.68. The van der Waals surface area contributed by atoms with Gasteiger partial charge < -0.3 is 18.9 Å². The normalized spacial score (nSPS) is 18.7. The molecule has 9 heteroatoms. The zero-order valence-electron chi connectivity index (χ0n) is 14.4. The molecule has 0 atom stereocenters. The standard InChI is InChI=1S/C17H19N5O4/c1-20-11-18-9-12(14(20)23)15(24)22-7-6-21(10-17(22)4-2-5-17)16(25)13-3-8-26-19-13/h3,8-9,11H,2,4-7,10H2,1H3. The Balaban J connectivity index is 1.59. The second-order valence-electron chi connectivity index (χ2n) is 6.87. The lowest BCUT2D eigenvalue weighted by molar-refractivity contribution is -0.0307. The molecule has 9 nitrogen and oxygen atoms in total. The highest BCUT2D eigenvalue weighted by Gasteiger charge is 2.50. The van der Waals surface area contributed by atoms with E-state index in [9.17, 15) is 14.4 Å². The fraction of sp³-hybridized carbons (Fsp3) is 0.471. The first-order chi connectivity index (χ1) is 12.5. The van der Waals surface area contributed by atoms with E-state index in [-0.39, 0.29) is 28.6 Å². The molecule has 136 valence electrons. The van der Waals surface area contributed by atoms with Crippen molar-refractivity contribution in [2.45, 2.75) is 24.8 Å². The highest BCUT2D eigenvalue weighted by atomic mass is 16.5. The van der Waals surface area contributed by atoms with Gasteiger partial charge in [0.25, 0.3) is 17.4 Å². The molecule has 26 heavy (non-hydrogen) atoms. The molecule has 1 spiro atoms. The van der Waals surface area contributed by atoms with Gasteiger partial charge in [0.15, 0.2) is 5.69 Å². The Morgan fingerprint density at radius 1 is 1.23 bits per heavy atom. The third kappa shape index (κ3) is 2.51. The van der Waals surface area contributed by atoms with Crippen LogP contribution in [-0.4, -0.2) is 61.5 Å². The maximum absolute atomic E-state index is 13.0. The van der Waals surface area contributed by atoms with E-state index in [1.54, 1.807) is 16.8 Å². The van der Waals surface area contributed by atoms with Crippen LogP contribution in [0.15, 0.2) is 34.2 Å². The van der Waals surface area contributed by atoms with Crippen molar-refractivity contribution in [2.24, 2.45) is 7.05 Å². The number of hydrogen-bond acceptors (Lipinski definition) is 6. The molecule has 1 saturated carbocycles. The average molecular weight is 357 g/mol. The SMILES string of the molecule is Cn1cncc(C(=O)N2CCN(C(=O)c3ccon3)CC23CCC3)c1=O. The molecule has 2 aromatic heterocycles. The van der Waals surface area contributed by atoms with Crippen molar-refractivity contribution in [3.05, 3.63) is 46.5 Å². The molecule has 0 unspecified atom stereocenters. The third-order valence-corrected chi connectivity index (χ3v) is 5.35. The van der Waals surface area contributed by atoms with Crippen molar-refractivity contribution in [3.63, 3.8) is 0 Å². The molecule has 2 aliphatic rings. The molecule has 2 fully saturated rings. The van der Waals surface area contributed by atoms with Crippen LogP contribution in [0.3, 0.4) is 0 Å². The predicted octanol–water partition coefficient (Wildman–Crippen LogP) is 0.289. The van der Waals surface area contributed by atoms with Gasteiger partial charge in [-0.15, -0.1) is 0 Å². The molecule has 4 rings (SSSR count). The number of rotatable bonds is 2. The van der Waals surface area contributed by atoms with Gasteiger partial charge in [-0.1, -0.05) is 5.16 Å². The van der Waals surface area contributed by atoms with E-state index < -0.39 is 5.54 Å². The molecule has 0 bridgehead atoms. The van der Waals surface area contributed by atoms with Crippen molar-refractivity contribution >= 4 is 11.8 Å². The van der Waals surface area contributed by atoms with E-state index in [4.69, 9.17) is 4.52 Å². The first-order valence-electron chi connectivity index (χ1n) is 8.54. The van der Waals surface area contributed by atoms with Crippen LogP contribution in [0.25, 0.3) is 0 Å². The second-order valence-corrected chi connectivity index (χ2v) is 6.87. The lowest BCUT2D eigenvalue weighted by atomic mass is 9.73. The summed E-state index contributed by atoms with van der Waals surface area (Å²) < 4.78 is 6.05. The van der Waals surface area contributed by atoms with Crippen molar-refractivity contribution in [1.29, 1.82) is 0 Å². The molecular weight excluding hydrogens is 338 g/mol. The van der Waals surface area contributed by atoms with Crippen LogP contribution in [0, 0.1) is 0 Å². The van der Waals surface area contributed by atoms with E-state index in [1.165, 1.54) is 29.4 Å². The molecule has 0 radical (unpaired) electrons. The fourth-order valence-corrected chi connectivity index (χ4v) is 3.76. The molecule has 2 aromatic rings. The lowest BCUT2D eigenvalue weighted by Gasteiger charge is -2.55. The minimum absolute atomic E-state index is 0.0672. The van der Waals surface area contributed by atoms with Crippen molar-refractivity contribution < 1.29 is 14.1 Å². The number of carbonyl (C=O) groups is 2. The van der Waals surface area contributed by atoms with Gasteiger partial charge in [-0.25, -0.2) is 4.98 Å². The number of carbonyl (C=O) groups excluding carboxylic acids is 2. The van der Waals surface area contributed by atoms with Crippen LogP contribution < -0.4 is 5.56 Å². The number of hydrogen-bond donors (Lipinski definition) is 0. The smallest absolute Gasteiger partial charge is 0.276 e. The van der Waals surface area contributed by atoms with E-state index in [0.29, 0.717) is 19.6 Å². The Morgan fingerprint density at radius 3 is 2.69 bits per heavy atom. The molecular formula is C17H19N5O4. The van der Waals surface area contributed by atoms with Gasteiger partial charge >= 0.3 is 0 Å². The molecule has 1 saturated heterocycles. The number of aryl methyl sites for hydroxylation is 1. The zero-order valence-corrected chi connectivity index (χ0v) is 14.4. The molecule has 0 aromatic carbocycles. The predicted molar refractivity (Wildman–Crippen MR) is 89.5 cm³/mol. The van der Waals surface area contributed by atoms with E-state index >= 15 is 0 Å². The number of piperazine rings is 1. The summed E-state index contributed by atoms with van der Waals surface area (Å²) in [5.74, 6) is -0.513. The first-order valence-corrected chi connectivity index (χ1v) is 8.54. The minimum atomic E-state index is -0.421.